The van der Waals surface area contributed by atoms with Gasteiger partial charge in [-0.1, -0.05) is 36.0 Å². The molecule has 0 radical (unpaired) electrons. The van der Waals surface area contributed by atoms with Crippen LogP contribution in [0.3, 0.4) is 0 Å². The summed E-state index contributed by atoms with van der Waals surface area (Å²) in [5, 5.41) is 15.0. The lowest BCUT2D eigenvalue weighted by molar-refractivity contribution is -0.114. The van der Waals surface area contributed by atoms with E-state index in [2.05, 4.69) is 20.8 Å². The minimum atomic E-state index is -0.157. The Hall–Kier alpha value is -3.13. The second-order valence-electron chi connectivity index (χ2n) is 6.88. The van der Waals surface area contributed by atoms with Crippen LogP contribution in [0.5, 0.6) is 0 Å². The fourth-order valence-electron chi connectivity index (χ4n) is 3.01. The molecule has 1 aromatic heterocycles. The van der Waals surface area contributed by atoms with Crippen molar-refractivity contribution in [2.24, 2.45) is 0 Å². The first-order chi connectivity index (χ1) is 14.1. The molecule has 2 aromatic carbocycles. The van der Waals surface area contributed by atoms with E-state index in [0.717, 1.165) is 24.4 Å². The van der Waals surface area contributed by atoms with Gasteiger partial charge in [0.1, 0.15) is 5.82 Å². The van der Waals surface area contributed by atoms with Crippen molar-refractivity contribution in [3.63, 3.8) is 0 Å². The van der Waals surface area contributed by atoms with Crippen molar-refractivity contribution in [1.29, 1.82) is 0 Å². The molecule has 1 aliphatic carbocycles. The molecule has 0 spiro atoms. The van der Waals surface area contributed by atoms with Gasteiger partial charge in [0.25, 0.3) is 0 Å². The number of para-hydroxylation sites is 1. The molecule has 0 bridgehead atoms. The maximum Gasteiger partial charge on any atom is 0.234 e. The Morgan fingerprint density at radius 2 is 1.76 bits per heavy atom. The van der Waals surface area contributed by atoms with Gasteiger partial charge in [0, 0.05) is 29.9 Å². The quantitative estimate of drug-likeness (QED) is 0.581. The highest BCUT2D eigenvalue weighted by molar-refractivity contribution is 7.99. The number of carbonyl (C=O) groups excluding carboxylic acids is 2. The highest BCUT2D eigenvalue weighted by atomic mass is 32.2. The van der Waals surface area contributed by atoms with Crippen LogP contribution in [0.1, 0.15) is 31.5 Å². The lowest BCUT2D eigenvalue weighted by Gasteiger charge is -2.10. The molecular formula is C21H21N5O2S. The third-order valence-electron chi connectivity index (χ3n) is 4.41. The number of hydrogen-bond donors (Lipinski definition) is 2. The molecule has 7 nitrogen and oxygen atoms in total. The first-order valence-electron chi connectivity index (χ1n) is 9.41. The molecule has 0 saturated heterocycles. The zero-order chi connectivity index (χ0) is 20.2. The second-order valence-corrected chi connectivity index (χ2v) is 7.83. The van der Waals surface area contributed by atoms with Gasteiger partial charge < -0.3 is 10.6 Å². The first-order valence-corrected chi connectivity index (χ1v) is 10.4. The summed E-state index contributed by atoms with van der Waals surface area (Å²) in [6.07, 6.45) is 2.25. The maximum absolute atomic E-state index is 12.4. The van der Waals surface area contributed by atoms with Crippen LogP contribution >= 0.6 is 11.8 Å². The number of hydrogen-bond acceptors (Lipinski definition) is 5. The van der Waals surface area contributed by atoms with Gasteiger partial charge in [0.05, 0.1) is 5.75 Å². The molecule has 1 aliphatic rings. The number of aromatic nitrogens is 3. The fraction of sp³-hybridized carbons (Fsp3) is 0.238. The van der Waals surface area contributed by atoms with Crippen molar-refractivity contribution in [2.75, 3.05) is 16.4 Å². The monoisotopic (exact) mass is 407 g/mol. The summed E-state index contributed by atoms with van der Waals surface area (Å²) >= 11 is 1.36. The average molecular weight is 407 g/mol. The summed E-state index contributed by atoms with van der Waals surface area (Å²) in [7, 11) is 0. The van der Waals surface area contributed by atoms with E-state index < -0.39 is 0 Å². The Labute approximate surface area is 172 Å². The van der Waals surface area contributed by atoms with Crippen molar-refractivity contribution < 1.29 is 9.59 Å². The Balaban J connectivity index is 1.44. The fourth-order valence-corrected chi connectivity index (χ4v) is 3.76. The molecule has 0 atom stereocenters. The summed E-state index contributed by atoms with van der Waals surface area (Å²) in [5.74, 6) is 1.31. The summed E-state index contributed by atoms with van der Waals surface area (Å²) < 4.78 is 2.05. The van der Waals surface area contributed by atoms with E-state index in [1.807, 2.05) is 34.9 Å². The molecule has 2 amide bonds. The van der Waals surface area contributed by atoms with Crippen LogP contribution in [0.4, 0.5) is 11.4 Å². The van der Waals surface area contributed by atoms with Crippen molar-refractivity contribution >= 4 is 35.0 Å². The molecule has 1 heterocycles. The molecular weight excluding hydrogens is 386 g/mol. The minimum Gasteiger partial charge on any atom is -0.326 e. The molecule has 148 valence electrons. The first kappa shape index (κ1) is 19.2. The summed E-state index contributed by atoms with van der Waals surface area (Å²) in [6, 6.07) is 17.0. The van der Waals surface area contributed by atoms with Gasteiger partial charge in [-0.25, -0.2) is 0 Å². The third kappa shape index (κ3) is 4.83. The summed E-state index contributed by atoms with van der Waals surface area (Å²) in [4.78, 5) is 23.6. The smallest absolute Gasteiger partial charge is 0.234 e. The minimum absolute atomic E-state index is 0.148. The van der Waals surface area contributed by atoms with Crippen LogP contribution in [-0.2, 0) is 9.59 Å². The van der Waals surface area contributed by atoms with E-state index >= 15 is 0 Å². The van der Waals surface area contributed by atoms with Gasteiger partial charge in [-0.3, -0.25) is 14.2 Å². The zero-order valence-corrected chi connectivity index (χ0v) is 16.8. The van der Waals surface area contributed by atoms with E-state index in [1.165, 1.54) is 18.7 Å². The van der Waals surface area contributed by atoms with Crippen LogP contribution < -0.4 is 10.6 Å². The predicted octanol–water partition coefficient (Wildman–Crippen LogP) is 3.83. The molecule has 4 rings (SSSR count). The Kier molecular flexibility index (Phi) is 5.62. The van der Waals surface area contributed by atoms with Crippen molar-refractivity contribution in [2.45, 2.75) is 30.8 Å². The van der Waals surface area contributed by atoms with Gasteiger partial charge in [-0.15, -0.1) is 10.2 Å². The lowest BCUT2D eigenvalue weighted by atomic mass is 10.2. The van der Waals surface area contributed by atoms with Crippen molar-refractivity contribution in [3.05, 3.63) is 60.4 Å². The zero-order valence-electron chi connectivity index (χ0n) is 16.0. The Morgan fingerprint density at radius 3 is 2.45 bits per heavy atom. The van der Waals surface area contributed by atoms with Gasteiger partial charge in [0.15, 0.2) is 5.16 Å². The number of nitrogens with zero attached hydrogens (tertiary/aromatic N) is 3. The largest absolute Gasteiger partial charge is 0.326 e. The van der Waals surface area contributed by atoms with E-state index in [9.17, 15) is 9.59 Å². The molecule has 29 heavy (non-hydrogen) atoms. The average Bonchev–Trinajstić information content (AvgIpc) is 3.46. The second kappa shape index (κ2) is 8.48. The van der Waals surface area contributed by atoms with Gasteiger partial charge in [-0.2, -0.15) is 0 Å². The van der Waals surface area contributed by atoms with E-state index in [4.69, 9.17) is 0 Å². The summed E-state index contributed by atoms with van der Waals surface area (Å²) in [6.45, 7) is 1.45. The number of rotatable bonds is 7. The predicted molar refractivity (Wildman–Crippen MR) is 113 cm³/mol. The standard InChI is InChI=1S/C21H21N5O2S/c1-14(27)22-16-6-5-7-17(12-16)23-19(28)13-29-21-25-24-20(15-10-11-15)26(21)18-8-3-2-4-9-18/h2-9,12,15H,10-11,13H2,1H3,(H,22,27)(H,23,28). The van der Waals surface area contributed by atoms with Crippen LogP contribution in [0.25, 0.3) is 5.69 Å². The van der Waals surface area contributed by atoms with E-state index in [1.54, 1.807) is 24.3 Å². The summed E-state index contributed by atoms with van der Waals surface area (Å²) in [5.41, 5.74) is 2.27. The molecule has 2 N–H and O–H groups in total. The molecule has 3 aromatic rings. The normalized spacial score (nSPS) is 13.1. The van der Waals surface area contributed by atoms with Crippen molar-refractivity contribution in [3.8, 4) is 5.69 Å². The van der Waals surface area contributed by atoms with E-state index in [0.29, 0.717) is 22.4 Å². The van der Waals surface area contributed by atoms with Crippen LogP contribution in [0.15, 0.2) is 59.8 Å². The number of carbonyl (C=O) groups is 2. The van der Waals surface area contributed by atoms with Gasteiger partial charge in [0.2, 0.25) is 11.8 Å². The number of benzene rings is 2. The SMILES string of the molecule is CC(=O)Nc1cccc(NC(=O)CSc2nnc(C3CC3)n2-c2ccccc2)c1. The molecule has 1 saturated carbocycles. The Morgan fingerprint density at radius 1 is 1.03 bits per heavy atom. The Bertz CT molecular complexity index is 1030. The van der Waals surface area contributed by atoms with E-state index in [-0.39, 0.29) is 17.6 Å². The molecule has 8 heteroatoms. The van der Waals surface area contributed by atoms with Gasteiger partial charge in [-0.05, 0) is 43.2 Å². The third-order valence-corrected chi connectivity index (χ3v) is 5.34. The highest BCUT2D eigenvalue weighted by Gasteiger charge is 2.31. The highest BCUT2D eigenvalue weighted by Crippen LogP contribution is 2.41. The molecule has 1 fully saturated rings. The molecule has 0 aliphatic heterocycles. The van der Waals surface area contributed by atoms with Crippen LogP contribution in [0, 0.1) is 0 Å². The van der Waals surface area contributed by atoms with Crippen molar-refractivity contribution in [1.82, 2.24) is 14.8 Å². The number of anilines is 2. The van der Waals surface area contributed by atoms with Crippen LogP contribution in [0.2, 0.25) is 0 Å². The topological polar surface area (TPSA) is 88.9 Å². The van der Waals surface area contributed by atoms with Crippen LogP contribution in [-0.4, -0.2) is 32.3 Å². The molecule has 0 unspecified atom stereocenters. The number of amides is 2. The van der Waals surface area contributed by atoms with Gasteiger partial charge >= 0.3 is 0 Å². The lowest BCUT2D eigenvalue weighted by Crippen LogP contribution is -2.15. The number of thioether (sulfide) groups is 1. The maximum atomic E-state index is 12.4. The number of nitrogens with one attached hydrogen (secondary N) is 2.